The molecule has 1 aliphatic carbocycles. The number of nitrogens with zero attached hydrogens (tertiary/aromatic N) is 2. The number of methoxy groups -OCH3 is 1. The molecule has 25 heavy (non-hydrogen) atoms. The van der Waals surface area contributed by atoms with Crippen molar-refractivity contribution in [3.63, 3.8) is 0 Å². The Morgan fingerprint density at radius 2 is 2.00 bits per heavy atom. The van der Waals surface area contributed by atoms with Crippen molar-refractivity contribution in [2.45, 2.75) is 38.6 Å². The number of amides is 1. The summed E-state index contributed by atoms with van der Waals surface area (Å²) in [6.07, 6.45) is 7.04. The van der Waals surface area contributed by atoms with Gasteiger partial charge in [0.15, 0.2) is 0 Å². The Hall–Kier alpha value is -2.20. The number of carbonyl (C=O) groups excluding carboxylic acids is 1. The number of hydrogen-bond acceptors (Lipinski definition) is 3. The van der Waals surface area contributed by atoms with Crippen molar-refractivity contribution in [1.29, 1.82) is 0 Å². The molecule has 0 atom stereocenters. The molecule has 4 heteroatoms. The molecule has 1 aromatic heterocycles. The van der Waals surface area contributed by atoms with Crippen molar-refractivity contribution in [3.05, 3.63) is 65.0 Å². The predicted molar refractivity (Wildman–Crippen MR) is 98.3 cm³/mol. The van der Waals surface area contributed by atoms with Crippen molar-refractivity contribution in [3.8, 4) is 0 Å². The Balaban J connectivity index is 1.69. The third kappa shape index (κ3) is 4.89. The summed E-state index contributed by atoms with van der Waals surface area (Å²) in [5.74, 6) is 0.124. The third-order valence-corrected chi connectivity index (χ3v) is 4.77. The maximum atomic E-state index is 12.8. The molecule has 0 unspecified atom stereocenters. The van der Waals surface area contributed by atoms with Gasteiger partial charge in [-0.3, -0.25) is 9.78 Å². The van der Waals surface area contributed by atoms with Crippen molar-refractivity contribution < 1.29 is 9.53 Å². The van der Waals surface area contributed by atoms with E-state index in [2.05, 4.69) is 23.2 Å². The first kappa shape index (κ1) is 17.6. The van der Waals surface area contributed by atoms with Gasteiger partial charge in [-0.05, 0) is 54.5 Å². The lowest BCUT2D eigenvalue weighted by atomic mass is 9.90. The van der Waals surface area contributed by atoms with E-state index in [1.165, 1.54) is 30.4 Å². The Kier molecular flexibility index (Phi) is 6.18. The Bertz CT molecular complexity index is 700. The first-order valence-electron chi connectivity index (χ1n) is 9.03. The highest BCUT2D eigenvalue weighted by Crippen LogP contribution is 2.22. The summed E-state index contributed by atoms with van der Waals surface area (Å²) >= 11 is 0. The van der Waals surface area contributed by atoms with Gasteiger partial charge < -0.3 is 9.64 Å². The van der Waals surface area contributed by atoms with Gasteiger partial charge in [-0.25, -0.2) is 0 Å². The zero-order valence-electron chi connectivity index (χ0n) is 14.9. The van der Waals surface area contributed by atoms with E-state index < -0.39 is 0 Å². The monoisotopic (exact) mass is 338 g/mol. The van der Waals surface area contributed by atoms with Crippen LogP contribution in [0, 0.1) is 0 Å². The van der Waals surface area contributed by atoms with Gasteiger partial charge in [-0.2, -0.15) is 0 Å². The van der Waals surface area contributed by atoms with Crippen LogP contribution in [0.3, 0.4) is 0 Å². The Morgan fingerprint density at radius 3 is 2.76 bits per heavy atom. The molecule has 1 amide bonds. The number of rotatable bonds is 7. The third-order valence-electron chi connectivity index (χ3n) is 4.77. The lowest BCUT2D eigenvalue weighted by Crippen LogP contribution is -2.34. The molecule has 132 valence electrons. The number of pyridine rings is 1. The van der Waals surface area contributed by atoms with Crippen molar-refractivity contribution in [2.24, 2.45) is 0 Å². The maximum Gasteiger partial charge on any atom is 0.227 e. The van der Waals surface area contributed by atoms with Crippen LogP contribution < -0.4 is 0 Å². The predicted octanol–water partition coefficient (Wildman–Crippen LogP) is 3.18. The molecule has 3 rings (SSSR count). The standard InChI is InChI=1S/C21H26N2O2/c1-25-13-12-23(16-20-8-4-5-11-22-20)21(24)15-17-9-10-18-6-2-3-7-19(18)14-17/h4-5,8-11,14H,2-3,6-7,12-13,15-16H2,1H3. The van der Waals surface area contributed by atoms with Gasteiger partial charge in [-0.15, -0.1) is 0 Å². The van der Waals surface area contributed by atoms with Gasteiger partial charge in [0.25, 0.3) is 0 Å². The van der Waals surface area contributed by atoms with Crippen molar-refractivity contribution >= 4 is 5.91 Å². The molecule has 2 aromatic rings. The van der Waals surface area contributed by atoms with Crippen molar-refractivity contribution in [2.75, 3.05) is 20.3 Å². The average Bonchev–Trinajstić information content (AvgIpc) is 2.65. The van der Waals surface area contributed by atoms with Crippen LogP contribution in [0.15, 0.2) is 42.6 Å². The zero-order valence-corrected chi connectivity index (χ0v) is 14.9. The van der Waals surface area contributed by atoms with Crippen LogP contribution in [0.5, 0.6) is 0 Å². The highest BCUT2D eigenvalue weighted by Gasteiger charge is 2.16. The van der Waals surface area contributed by atoms with Crippen LogP contribution in [0.1, 0.15) is 35.2 Å². The van der Waals surface area contributed by atoms with E-state index in [4.69, 9.17) is 4.74 Å². The van der Waals surface area contributed by atoms with Gasteiger partial charge in [-0.1, -0.05) is 24.3 Å². The van der Waals surface area contributed by atoms with Crippen LogP contribution in [-0.2, 0) is 35.3 Å². The highest BCUT2D eigenvalue weighted by atomic mass is 16.5. The molecule has 0 saturated heterocycles. The van der Waals surface area contributed by atoms with E-state index in [9.17, 15) is 4.79 Å². The lowest BCUT2D eigenvalue weighted by molar-refractivity contribution is -0.131. The van der Waals surface area contributed by atoms with E-state index in [1.807, 2.05) is 23.1 Å². The summed E-state index contributed by atoms with van der Waals surface area (Å²) in [6, 6.07) is 12.3. The largest absolute Gasteiger partial charge is 0.383 e. The molecule has 1 aromatic carbocycles. The molecule has 0 radical (unpaired) electrons. The summed E-state index contributed by atoms with van der Waals surface area (Å²) in [6.45, 7) is 1.63. The quantitative estimate of drug-likeness (QED) is 0.779. The number of aryl methyl sites for hydroxylation is 2. The van der Waals surface area contributed by atoms with Gasteiger partial charge in [0.1, 0.15) is 0 Å². The minimum atomic E-state index is 0.124. The fraction of sp³-hybridized carbons (Fsp3) is 0.429. The normalized spacial score (nSPS) is 13.3. The van der Waals surface area contributed by atoms with Crippen LogP contribution in [0.2, 0.25) is 0 Å². The summed E-state index contributed by atoms with van der Waals surface area (Å²) < 4.78 is 5.17. The van der Waals surface area contributed by atoms with E-state index in [-0.39, 0.29) is 5.91 Å². The number of aromatic nitrogens is 1. The van der Waals surface area contributed by atoms with Crippen LogP contribution in [0.4, 0.5) is 0 Å². The van der Waals surface area contributed by atoms with Gasteiger partial charge in [0.2, 0.25) is 5.91 Å². The number of fused-ring (bicyclic) bond motifs is 1. The second-order valence-electron chi connectivity index (χ2n) is 6.62. The van der Waals surface area contributed by atoms with E-state index in [0.717, 1.165) is 17.7 Å². The molecule has 0 saturated carbocycles. The second kappa shape index (κ2) is 8.77. The molecule has 0 N–H and O–H groups in total. The van der Waals surface area contributed by atoms with Crippen molar-refractivity contribution in [1.82, 2.24) is 9.88 Å². The van der Waals surface area contributed by atoms with E-state index in [1.54, 1.807) is 13.3 Å². The number of benzene rings is 1. The van der Waals surface area contributed by atoms with E-state index >= 15 is 0 Å². The first-order valence-corrected chi connectivity index (χ1v) is 9.03. The lowest BCUT2D eigenvalue weighted by Gasteiger charge is -2.23. The fourth-order valence-corrected chi connectivity index (χ4v) is 3.36. The number of carbonyl (C=O) groups is 1. The molecule has 0 aliphatic heterocycles. The van der Waals surface area contributed by atoms with Crippen LogP contribution in [-0.4, -0.2) is 36.1 Å². The number of hydrogen-bond donors (Lipinski definition) is 0. The molecule has 1 heterocycles. The maximum absolute atomic E-state index is 12.8. The smallest absolute Gasteiger partial charge is 0.227 e. The fourth-order valence-electron chi connectivity index (χ4n) is 3.36. The highest BCUT2D eigenvalue weighted by molar-refractivity contribution is 5.78. The Labute approximate surface area is 149 Å². The first-order chi connectivity index (χ1) is 12.3. The summed E-state index contributed by atoms with van der Waals surface area (Å²) in [5, 5.41) is 0. The molecule has 4 nitrogen and oxygen atoms in total. The number of ether oxygens (including phenoxy) is 1. The molecular weight excluding hydrogens is 312 g/mol. The molecule has 0 spiro atoms. The zero-order chi connectivity index (χ0) is 17.5. The average molecular weight is 338 g/mol. The van der Waals surface area contributed by atoms with Gasteiger partial charge in [0, 0.05) is 19.9 Å². The SMILES string of the molecule is COCCN(Cc1ccccn1)C(=O)Cc1ccc2c(c1)CCCC2. The topological polar surface area (TPSA) is 42.4 Å². The Morgan fingerprint density at radius 1 is 1.16 bits per heavy atom. The van der Waals surface area contributed by atoms with Crippen LogP contribution >= 0.6 is 0 Å². The minimum absolute atomic E-state index is 0.124. The summed E-state index contributed by atoms with van der Waals surface area (Å²) in [5.41, 5.74) is 4.88. The van der Waals surface area contributed by atoms with Gasteiger partial charge in [0.05, 0.1) is 25.3 Å². The molecule has 0 bridgehead atoms. The molecule has 1 aliphatic rings. The summed E-state index contributed by atoms with van der Waals surface area (Å²) in [7, 11) is 1.66. The minimum Gasteiger partial charge on any atom is -0.383 e. The van der Waals surface area contributed by atoms with E-state index in [0.29, 0.717) is 26.1 Å². The van der Waals surface area contributed by atoms with Crippen LogP contribution in [0.25, 0.3) is 0 Å². The summed E-state index contributed by atoms with van der Waals surface area (Å²) in [4.78, 5) is 19.0. The molecular formula is C21H26N2O2. The second-order valence-corrected chi connectivity index (χ2v) is 6.62. The molecule has 0 fully saturated rings. The van der Waals surface area contributed by atoms with Gasteiger partial charge >= 0.3 is 0 Å².